The Hall–Kier alpha value is -2.15. The molecule has 2 aromatic rings. The molecule has 1 amide bonds. The van der Waals surface area contributed by atoms with Gasteiger partial charge in [-0.2, -0.15) is 0 Å². The zero-order valence-electron chi connectivity index (χ0n) is 16.9. The van der Waals surface area contributed by atoms with E-state index in [2.05, 4.69) is 15.5 Å². The Bertz CT molecular complexity index is 890. The SMILES string of the molecule is COc1ccc(Cc2nnc(NC(=O)C34CC5CC(CC(C5)C3)C4)s2)cc1OC. The lowest BCUT2D eigenvalue weighted by atomic mass is 9.49. The molecular weight excluding hydrogens is 386 g/mol. The van der Waals surface area contributed by atoms with Crippen molar-refractivity contribution >= 4 is 22.4 Å². The van der Waals surface area contributed by atoms with E-state index in [1.165, 1.54) is 30.6 Å². The molecule has 1 aromatic heterocycles. The smallest absolute Gasteiger partial charge is 0.232 e. The summed E-state index contributed by atoms with van der Waals surface area (Å²) < 4.78 is 10.7. The second-order valence-corrected chi connectivity index (χ2v) is 10.1. The quantitative estimate of drug-likeness (QED) is 0.764. The fraction of sp³-hybridized carbons (Fsp3) is 0.591. The summed E-state index contributed by atoms with van der Waals surface area (Å²) in [4.78, 5) is 13.2. The lowest BCUT2D eigenvalue weighted by Crippen LogP contribution is -2.51. The van der Waals surface area contributed by atoms with Crippen LogP contribution in [0.3, 0.4) is 0 Å². The molecule has 29 heavy (non-hydrogen) atoms. The number of carbonyl (C=O) groups excluding carboxylic acids is 1. The Kier molecular flexibility index (Phi) is 4.73. The van der Waals surface area contributed by atoms with E-state index in [1.807, 2.05) is 18.2 Å². The van der Waals surface area contributed by atoms with Gasteiger partial charge in [0.25, 0.3) is 0 Å². The number of rotatable bonds is 6. The predicted molar refractivity (Wildman–Crippen MR) is 111 cm³/mol. The highest BCUT2D eigenvalue weighted by Crippen LogP contribution is 2.60. The van der Waals surface area contributed by atoms with Gasteiger partial charge in [0.1, 0.15) is 5.01 Å². The Balaban J connectivity index is 1.27. The van der Waals surface area contributed by atoms with Crippen molar-refractivity contribution in [3.8, 4) is 11.5 Å². The van der Waals surface area contributed by atoms with E-state index in [-0.39, 0.29) is 11.3 Å². The number of nitrogens with one attached hydrogen (secondary N) is 1. The maximum Gasteiger partial charge on any atom is 0.232 e. The lowest BCUT2D eigenvalue weighted by molar-refractivity contribution is -0.140. The third-order valence-corrected chi connectivity index (χ3v) is 7.85. The van der Waals surface area contributed by atoms with Gasteiger partial charge in [-0.05, 0) is 74.0 Å². The molecule has 4 bridgehead atoms. The van der Waals surface area contributed by atoms with Crippen molar-refractivity contribution in [1.82, 2.24) is 10.2 Å². The number of hydrogen-bond donors (Lipinski definition) is 1. The molecule has 154 valence electrons. The first-order valence-electron chi connectivity index (χ1n) is 10.4. The monoisotopic (exact) mass is 413 g/mol. The third-order valence-electron chi connectivity index (χ3n) is 7.01. The summed E-state index contributed by atoms with van der Waals surface area (Å²) in [7, 11) is 3.26. The molecule has 6 rings (SSSR count). The van der Waals surface area contributed by atoms with E-state index < -0.39 is 0 Å². The number of ether oxygens (including phenoxy) is 2. The van der Waals surface area contributed by atoms with Crippen LogP contribution in [-0.2, 0) is 11.2 Å². The van der Waals surface area contributed by atoms with Crippen molar-refractivity contribution in [3.63, 3.8) is 0 Å². The normalized spacial score (nSPS) is 29.7. The van der Waals surface area contributed by atoms with Gasteiger partial charge >= 0.3 is 0 Å². The molecule has 1 aromatic carbocycles. The maximum atomic E-state index is 13.2. The molecule has 4 aliphatic rings. The van der Waals surface area contributed by atoms with Gasteiger partial charge in [0.2, 0.25) is 11.0 Å². The van der Waals surface area contributed by atoms with Crippen LogP contribution in [0.2, 0.25) is 0 Å². The highest BCUT2D eigenvalue weighted by Gasteiger charge is 2.54. The number of carbonyl (C=O) groups is 1. The summed E-state index contributed by atoms with van der Waals surface area (Å²) >= 11 is 1.46. The first-order chi connectivity index (χ1) is 14.1. The molecule has 1 heterocycles. The zero-order chi connectivity index (χ0) is 20.0. The first-order valence-corrected chi connectivity index (χ1v) is 11.2. The van der Waals surface area contributed by atoms with Crippen LogP contribution in [0.4, 0.5) is 5.13 Å². The van der Waals surface area contributed by atoms with Crippen LogP contribution >= 0.6 is 11.3 Å². The van der Waals surface area contributed by atoms with Crippen LogP contribution in [-0.4, -0.2) is 30.3 Å². The second-order valence-electron chi connectivity index (χ2n) is 9.02. The fourth-order valence-corrected chi connectivity index (χ4v) is 6.93. The predicted octanol–water partition coefficient (Wildman–Crippen LogP) is 4.30. The Morgan fingerprint density at radius 1 is 1.07 bits per heavy atom. The average molecular weight is 414 g/mol. The zero-order valence-corrected chi connectivity index (χ0v) is 17.8. The molecule has 0 aliphatic heterocycles. The van der Waals surface area contributed by atoms with Gasteiger partial charge in [-0.15, -0.1) is 10.2 Å². The molecule has 0 spiro atoms. The molecule has 4 aliphatic carbocycles. The van der Waals surface area contributed by atoms with Crippen LogP contribution in [0.1, 0.15) is 49.1 Å². The third kappa shape index (κ3) is 3.50. The molecule has 4 saturated carbocycles. The molecule has 1 N–H and O–H groups in total. The second kappa shape index (κ2) is 7.27. The number of hydrogen-bond acceptors (Lipinski definition) is 6. The Morgan fingerprint density at radius 2 is 1.72 bits per heavy atom. The van der Waals surface area contributed by atoms with Crippen LogP contribution in [0.25, 0.3) is 0 Å². The summed E-state index contributed by atoms with van der Waals surface area (Å²) in [5.74, 6) is 3.83. The minimum atomic E-state index is -0.163. The van der Waals surface area contributed by atoms with Crippen LogP contribution in [0.5, 0.6) is 11.5 Å². The van der Waals surface area contributed by atoms with Gasteiger partial charge < -0.3 is 14.8 Å². The summed E-state index contributed by atoms with van der Waals surface area (Å²) in [5.41, 5.74) is 0.905. The number of methoxy groups -OCH3 is 2. The van der Waals surface area contributed by atoms with E-state index in [0.717, 1.165) is 47.6 Å². The lowest BCUT2D eigenvalue weighted by Gasteiger charge is -2.55. The number of nitrogens with zero attached hydrogens (tertiary/aromatic N) is 2. The molecule has 7 heteroatoms. The largest absolute Gasteiger partial charge is 0.493 e. The molecule has 0 radical (unpaired) electrons. The van der Waals surface area contributed by atoms with Crippen molar-refractivity contribution < 1.29 is 14.3 Å². The molecular formula is C22H27N3O3S. The first kappa shape index (κ1) is 18.9. The topological polar surface area (TPSA) is 73.3 Å². The maximum absolute atomic E-state index is 13.2. The molecule has 0 atom stereocenters. The standard InChI is InChI=1S/C22H27N3O3S/c1-27-17-4-3-13(8-18(17)28-2)9-19-24-25-21(29-19)23-20(26)22-10-14-5-15(11-22)7-16(6-14)12-22/h3-4,8,14-16H,5-7,9-12H2,1-2H3,(H,23,25,26). The van der Waals surface area contributed by atoms with Gasteiger partial charge in [0.15, 0.2) is 11.5 Å². The van der Waals surface area contributed by atoms with Gasteiger partial charge in [-0.25, -0.2) is 0 Å². The summed E-state index contributed by atoms with van der Waals surface area (Å²) in [5, 5.41) is 13.1. The minimum Gasteiger partial charge on any atom is -0.493 e. The highest BCUT2D eigenvalue weighted by atomic mass is 32.1. The van der Waals surface area contributed by atoms with Crippen molar-refractivity contribution in [2.24, 2.45) is 23.2 Å². The van der Waals surface area contributed by atoms with Gasteiger partial charge in [-0.1, -0.05) is 17.4 Å². The van der Waals surface area contributed by atoms with Crippen LogP contribution in [0.15, 0.2) is 18.2 Å². The van der Waals surface area contributed by atoms with E-state index in [9.17, 15) is 4.79 Å². The van der Waals surface area contributed by atoms with Crippen molar-refractivity contribution in [1.29, 1.82) is 0 Å². The summed E-state index contributed by atoms with van der Waals surface area (Å²) in [6, 6.07) is 5.84. The molecule has 6 nitrogen and oxygen atoms in total. The number of anilines is 1. The Labute approximate surface area is 175 Å². The minimum absolute atomic E-state index is 0.163. The molecule has 0 saturated heterocycles. The highest BCUT2D eigenvalue weighted by molar-refractivity contribution is 7.15. The van der Waals surface area contributed by atoms with E-state index in [4.69, 9.17) is 9.47 Å². The summed E-state index contributed by atoms with van der Waals surface area (Å²) in [6.45, 7) is 0. The van der Waals surface area contributed by atoms with Crippen LogP contribution < -0.4 is 14.8 Å². The summed E-state index contributed by atoms with van der Waals surface area (Å²) in [6.07, 6.45) is 7.82. The fourth-order valence-electron chi connectivity index (χ4n) is 6.16. The van der Waals surface area contributed by atoms with Gasteiger partial charge in [0, 0.05) is 6.42 Å². The van der Waals surface area contributed by atoms with Crippen molar-refractivity contribution in [2.45, 2.75) is 44.9 Å². The molecule has 4 fully saturated rings. The number of amides is 1. The van der Waals surface area contributed by atoms with E-state index >= 15 is 0 Å². The van der Waals surface area contributed by atoms with Crippen molar-refractivity contribution in [2.75, 3.05) is 19.5 Å². The number of benzene rings is 1. The number of aromatic nitrogens is 2. The average Bonchev–Trinajstić information content (AvgIpc) is 3.13. The van der Waals surface area contributed by atoms with Crippen molar-refractivity contribution in [3.05, 3.63) is 28.8 Å². The van der Waals surface area contributed by atoms with Gasteiger partial charge in [-0.3, -0.25) is 4.79 Å². The van der Waals surface area contributed by atoms with E-state index in [1.54, 1.807) is 14.2 Å². The molecule has 0 unspecified atom stereocenters. The van der Waals surface area contributed by atoms with Crippen LogP contribution in [0, 0.1) is 23.2 Å². The van der Waals surface area contributed by atoms with E-state index in [0.29, 0.717) is 23.1 Å². The Morgan fingerprint density at radius 3 is 2.34 bits per heavy atom. The van der Waals surface area contributed by atoms with Gasteiger partial charge in [0.05, 0.1) is 19.6 Å².